The maximum atomic E-state index is 13.4. The largest absolute Gasteiger partial charge is 0.384 e. The maximum Gasteiger partial charge on any atom is 0.255 e. The monoisotopic (exact) mass is 283 g/mol. The van der Waals surface area contributed by atoms with Crippen molar-refractivity contribution < 1.29 is 14.3 Å². The molecular weight excluding hydrogens is 269 g/mol. The predicted molar refractivity (Wildman–Crippen MR) is 79.5 cm³/mol. The Morgan fingerprint density at radius 2 is 2.10 bits per heavy atom. The number of amides is 1. The Labute approximate surface area is 122 Å². The molecule has 106 valence electrons. The number of aryl methyl sites for hydroxylation is 1. The van der Waals surface area contributed by atoms with Crippen LogP contribution in [-0.2, 0) is 0 Å². The van der Waals surface area contributed by atoms with Crippen molar-refractivity contribution in [2.45, 2.75) is 6.92 Å². The van der Waals surface area contributed by atoms with E-state index in [1.165, 1.54) is 6.07 Å². The summed E-state index contributed by atoms with van der Waals surface area (Å²) in [4.78, 5) is 12.1. The molecule has 0 heterocycles. The molecule has 2 rings (SSSR count). The minimum absolute atomic E-state index is 0.237. The second kappa shape index (κ2) is 6.69. The summed E-state index contributed by atoms with van der Waals surface area (Å²) in [6.45, 7) is 1.42. The van der Waals surface area contributed by atoms with E-state index in [1.54, 1.807) is 43.3 Å². The molecule has 4 heteroatoms. The van der Waals surface area contributed by atoms with Crippen LogP contribution >= 0.6 is 0 Å². The van der Waals surface area contributed by atoms with Gasteiger partial charge in [0.1, 0.15) is 12.4 Å². The van der Waals surface area contributed by atoms with Crippen LogP contribution < -0.4 is 5.32 Å². The van der Waals surface area contributed by atoms with E-state index in [-0.39, 0.29) is 18.3 Å². The number of hydrogen-bond donors (Lipinski definition) is 2. The molecule has 0 fully saturated rings. The highest BCUT2D eigenvalue weighted by Crippen LogP contribution is 2.15. The molecule has 0 atom stereocenters. The average Bonchev–Trinajstić information content (AvgIpc) is 2.49. The molecule has 0 unspecified atom stereocenters. The summed E-state index contributed by atoms with van der Waals surface area (Å²) in [5, 5.41) is 11.3. The summed E-state index contributed by atoms with van der Waals surface area (Å²) < 4.78 is 13.4. The molecule has 0 saturated heterocycles. The van der Waals surface area contributed by atoms with E-state index in [0.717, 1.165) is 0 Å². The van der Waals surface area contributed by atoms with Crippen LogP contribution in [0.4, 0.5) is 10.1 Å². The number of nitrogens with one attached hydrogen (secondary N) is 1. The van der Waals surface area contributed by atoms with Gasteiger partial charge in [0.15, 0.2) is 0 Å². The van der Waals surface area contributed by atoms with Gasteiger partial charge in [0.2, 0.25) is 0 Å². The molecule has 0 aromatic heterocycles. The first-order valence-corrected chi connectivity index (χ1v) is 6.37. The number of benzene rings is 2. The predicted octanol–water partition coefficient (Wildman–Crippen LogP) is 2.73. The van der Waals surface area contributed by atoms with Crippen molar-refractivity contribution in [1.82, 2.24) is 0 Å². The number of hydrogen-bond acceptors (Lipinski definition) is 2. The van der Waals surface area contributed by atoms with Crippen LogP contribution in [0.1, 0.15) is 21.5 Å². The lowest BCUT2D eigenvalue weighted by Crippen LogP contribution is -2.12. The Morgan fingerprint density at radius 1 is 1.29 bits per heavy atom. The highest BCUT2D eigenvalue weighted by Gasteiger charge is 2.07. The van der Waals surface area contributed by atoms with Gasteiger partial charge in [-0.15, -0.1) is 0 Å². The van der Waals surface area contributed by atoms with Crippen LogP contribution in [0.15, 0.2) is 42.5 Å². The van der Waals surface area contributed by atoms with E-state index >= 15 is 0 Å². The minimum Gasteiger partial charge on any atom is -0.384 e. The molecule has 1 amide bonds. The second-order valence-electron chi connectivity index (χ2n) is 4.46. The molecule has 0 aliphatic rings. The first-order valence-electron chi connectivity index (χ1n) is 6.37. The summed E-state index contributed by atoms with van der Waals surface area (Å²) in [6.07, 6.45) is 0. The molecule has 2 aromatic carbocycles. The van der Waals surface area contributed by atoms with E-state index in [2.05, 4.69) is 17.2 Å². The van der Waals surface area contributed by atoms with Crippen molar-refractivity contribution >= 4 is 11.6 Å². The number of carbonyl (C=O) groups excluding carboxylic acids is 1. The number of halogens is 1. The van der Waals surface area contributed by atoms with Gasteiger partial charge in [-0.3, -0.25) is 4.79 Å². The number of rotatable bonds is 2. The summed E-state index contributed by atoms with van der Waals surface area (Å²) in [5.74, 6) is 4.54. The Bertz CT molecular complexity index is 729. The van der Waals surface area contributed by atoms with Gasteiger partial charge in [0, 0.05) is 16.8 Å². The summed E-state index contributed by atoms with van der Waals surface area (Å²) in [6, 6.07) is 11.2. The normalized spacial score (nSPS) is 9.67. The van der Waals surface area contributed by atoms with Crippen LogP contribution in [0.25, 0.3) is 0 Å². The fourth-order valence-corrected chi connectivity index (χ4v) is 1.75. The van der Waals surface area contributed by atoms with E-state index < -0.39 is 0 Å². The van der Waals surface area contributed by atoms with E-state index in [9.17, 15) is 9.18 Å². The van der Waals surface area contributed by atoms with Crippen LogP contribution in [-0.4, -0.2) is 17.6 Å². The Kier molecular flexibility index (Phi) is 4.70. The Hall–Kier alpha value is -2.64. The number of aliphatic hydroxyl groups excluding tert-OH is 1. The topological polar surface area (TPSA) is 49.3 Å². The highest BCUT2D eigenvalue weighted by atomic mass is 19.1. The van der Waals surface area contributed by atoms with Gasteiger partial charge in [-0.25, -0.2) is 4.39 Å². The van der Waals surface area contributed by atoms with Gasteiger partial charge >= 0.3 is 0 Å². The van der Waals surface area contributed by atoms with Crippen molar-refractivity contribution in [2.75, 3.05) is 11.9 Å². The van der Waals surface area contributed by atoms with Crippen LogP contribution in [0.2, 0.25) is 0 Å². The standard InChI is InChI=1S/C17H14FNO2/c1-12-7-8-15(11-16(12)18)19-17(21)14-6-2-4-13(10-14)5-3-9-20/h2,4,6-8,10-11,20H,9H2,1H3,(H,19,21). The fraction of sp³-hybridized carbons (Fsp3) is 0.118. The smallest absolute Gasteiger partial charge is 0.255 e. The molecule has 0 spiro atoms. The van der Waals surface area contributed by atoms with E-state index in [0.29, 0.717) is 22.4 Å². The van der Waals surface area contributed by atoms with Crippen LogP contribution in [0.3, 0.4) is 0 Å². The van der Waals surface area contributed by atoms with Crippen molar-refractivity contribution in [2.24, 2.45) is 0 Å². The SMILES string of the molecule is Cc1ccc(NC(=O)c2cccc(C#CCO)c2)cc1F. The van der Waals surface area contributed by atoms with Gasteiger partial charge < -0.3 is 10.4 Å². The summed E-state index contributed by atoms with van der Waals surface area (Å²) in [7, 11) is 0. The summed E-state index contributed by atoms with van der Waals surface area (Å²) >= 11 is 0. The third-order valence-electron chi connectivity index (χ3n) is 2.87. The third kappa shape index (κ3) is 3.91. The number of aliphatic hydroxyl groups is 1. The molecule has 0 aliphatic heterocycles. The maximum absolute atomic E-state index is 13.4. The molecule has 21 heavy (non-hydrogen) atoms. The lowest BCUT2D eigenvalue weighted by Gasteiger charge is -2.06. The third-order valence-corrected chi connectivity index (χ3v) is 2.87. The first-order chi connectivity index (χ1) is 10.1. The number of carbonyl (C=O) groups is 1. The van der Waals surface area contributed by atoms with Crippen molar-refractivity contribution in [3.8, 4) is 11.8 Å². The quantitative estimate of drug-likeness (QED) is 0.833. The van der Waals surface area contributed by atoms with Crippen LogP contribution in [0.5, 0.6) is 0 Å². The van der Waals surface area contributed by atoms with Gasteiger partial charge in [0.05, 0.1) is 0 Å². The van der Waals surface area contributed by atoms with Gasteiger partial charge in [-0.1, -0.05) is 24.0 Å². The van der Waals surface area contributed by atoms with E-state index in [1.807, 2.05) is 0 Å². The number of anilines is 1. The van der Waals surface area contributed by atoms with Gasteiger partial charge in [-0.2, -0.15) is 0 Å². The molecule has 2 aromatic rings. The Morgan fingerprint density at radius 3 is 2.81 bits per heavy atom. The molecule has 0 radical (unpaired) electrons. The molecule has 0 aliphatic carbocycles. The zero-order chi connectivity index (χ0) is 15.2. The first kappa shape index (κ1) is 14.8. The van der Waals surface area contributed by atoms with E-state index in [4.69, 9.17) is 5.11 Å². The fourth-order valence-electron chi connectivity index (χ4n) is 1.75. The average molecular weight is 283 g/mol. The molecule has 3 nitrogen and oxygen atoms in total. The summed E-state index contributed by atoms with van der Waals surface area (Å²) in [5.41, 5.74) is 1.97. The Balaban J connectivity index is 2.18. The van der Waals surface area contributed by atoms with Gasteiger partial charge in [0.25, 0.3) is 5.91 Å². The lowest BCUT2D eigenvalue weighted by atomic mass is 10.1. The lowest BCUT2D eigenvalue weighted by molar-refractivity contribution is 0.102. The zero-order valence-electron chi connectivity index (χ0n) is 11.5. The van der Waals surface area contributed by atoms with Crippen molar-refractivity contribution in [1.29, 1.82) is 0 Å². The molecule has 2 N–H and O–H groups in total. The van der Waals surface area contributed by atoms with Crippen molar-refractivity contribution in [3.63, 3.8) is 0 Å². The zero-order valence-corrected chi connectivity index (χ0v) is 11.5. The molecule has 0 saturated carbocycles. The van der Waals surface area contributed by atoms with Gasteiger partial charge in [-0.05, 0) is 42.8 Å². The molecular formula is C17H14FNO2. The highest BCUT2D eigenvalue weighted by molar-refractivity contribution is 6.04. The van der Waals surface area contributed by atoms with Crippen LogP contribution in [0, 0.1) is 24.6 Å². The van der Waals surface area contributed by atoms with Crippen molar-refractivity contribution in [3.05, 3.63) is 65.0 Å². The minimum atomic E-state index is -0.365. The molecule has 0 bridgehead atoms. The second-order valence-corrected chi connectivity index (χ2v) is 4.46.